The number of hydrogen-bond donors (Lipinski definition) is 2. The van der Waals surface area contributed by atoms with Gasteiger partial charge in [-0.2, -0.15) is 0 Å². The third-order valence-electron chi connectivity index (χ3n) is 2.79. The molecular weight excluding hydrogens is 176 g/mol. The molecule has 0 aromatic rings. The van der Waals surface area contributed by atoms with Crippen molar-refractivity contribution in [2.75, 3.05) is 13.2 Å². The van der Waals surface area contributed by atoms with Crippen LogP contribution < -0.4 is 0 Å². The van der Waals surface area contributed by atoms with Crippen LogP contribution >= 0.6 is 0 Å². The summed E-state index contributed by atoms with van der Waals surface area (Å²) in [4.78, 5) is 0. The predicted octanol–water partition coefficient (Wildman–Crippen LogP) is 2.73. The van der Waals surface area contributed by atoms with Crippen molar-refractivity contribution in [3.05, 3.63) is 0 Å². The molecule has 0 unspecified atom stereocenters. The van der Waals surface area contributed by atoms with Gasteiger partial charge in [-0.1, -0.05) is 45.4 Å². The second kappa shape index (κ2) is 11.0. The second-order valence-electron chi connectivity index (χ2n) is 4.09. The molecule has 0 aromatic carbocycles. The summed E-state index contributed by atoms with van der Waals surface area (Å²) in [7, 11) is 0. The van der Waals surface area contributed by atoms with Crippen molar-refractivity contribution in [1.82, 2.24) is 0 Å². The molecule has 0 rings (SSSR count). The molecule has 0 bridgehead atoms. The van der Waals surface area contributed by atoms with Crippen molar-refractivity contribution in [1.29, 1.82) is 0 Å². The van der Waals surface area contributed by atoms with Gasteiger partial charge in [-0.25, -0.2) is 0 Å². The molecule has 2 heteroatoms. The maximum Gasteiger partial charge on any atom is 0.0433 e. The molecule has 0 saturated carbocycles. The van der Waals surface area contributed by atoms with Gasteiger partial charge in [-0.3, -0.25) is 0 Å². The third-order valence-corrected chi connectivity index (χ3v) is 2.79. The third kappa shape index (κ3) is 8.52. The lowest BCUT2D eigenvalue weighted by Gasteiger charge is -2.13. The molecule has 86 valence electrons. The summed E-state index contributed by atoms with van der Waals surface area (Å²) in [5.41, 5.74) is 0. The van der Waals surface area contributed by atoms with E-state index in [1.54, 1.807) is 0 Å². The number of aliphatic hydroxyl groups is 2. The molecule has 0 saturated heterocycles. The lowest BCUT2D eigenvalue weighted by atomic mass is 9.95. The fraction of sp³-hybridized carbons (Fsp3) is 1.00. The Labute approximate surface area is 88.3 Å². The van der Waals surface area contributed by atoms with Gasteiger partial charge in [-0.15, -0.1) is 0 Å². The molecule has 0 spiro atoms. The fourth-order valence-electron chi connectivity index (χ4n) is 1.83. The maximum atomic E-state index is 8.82. The summed E-state index contributed by atoms with van der Waals surface area (Å²) >= 11 is 0. The van der Waals surface area contributed by atoms with E-state index >= 15 is 0 Å². The summed E-state index contributed by atoms with van der Waals surface area (Å²) in [6.45, 7) is 2.75. The van der Waals surface area contributed by atoms with Gasteiger partial charge in [0.2, 0.25) is 0 Å². The Kier molecular flexibility index (Phi) is 10.9. The minimum atomic E-state index is 0.264. The van der Waals surface area contributed by atoms with Gasteiger partial charge in [0.1, 0.15) is 0 Å². The zero-order chi connectivity index (χ0) is 10.6. The van der Waals surface area contributed by atoms with E-state index in [9.17, 15) is 0 Å². The lowest BCUT2D eigenvalue weighted by molar-refractivity contribution is 0.208. The molecule has 0 atom stereocenters. The Morgan fingerprint density at radius 1 is 0.786 bits per heavy atom. The molecule has 0 fully saturated rings. The highest BCUT2D eigenvalue weighted by Gasteiger charge is 2.06. The van der Waals surface area contributed by atoms with Gasteiger partial charge in [0.15, 0.2) is 0 Å². The highest BCUT2D eigenvalue weighted by Crippen LogP contribution is 2.17. The molecule has 0 aliphatic heterocycles. The quantitative estimate of drug-likeness (QED) is 0.535. The topological polar surface area (TPSA) is 40.5 Å². The molecule has 2 N–H and O–H groups in total. The minimum Gasteiger partial charge on any atom is -0.396 e. The van der Waals surface area contributed by atoms with E-state index in [2.05, 4.69) is 6.92 Å². The van der Waals surface area contributed by atoms with E-state index in [1.165, 1.54) is 38.5 Å². The van der Waals surface area contributed by atoms with Gasteiger partial charge in [0.25, 0.3) is 0 Å². The maximum absolute atomic E-state index is 8.82. The SMILES string of the molecule is CCCCCCCC(CCO)CCO. The summed E-state index contributed by atoms with van der Waals surface area (Å²) in [6.07, 6.45) is 9.40. The lowest BCUT2D eigenvalue weighted by Crippen LogP contribution is -2.05. The summed E-state index contributed by atoms with van der Waals surface area (Å²) in [6, 6.07) is 0. The summed E-state index contributed by atoms with van der Waals surface area (Å²) < 4.78 is 0. The number of rotatable bonds is 10. The standard InChI is InChI=1S/C12H26O2/c1-2-3-4-5-6-7-12(8-10-13)9-11-14/h12-14H,2-11H2,1H3. The highest BCUT2D eigenvalue weighted by atomic mass is 16.3. The number of hydrogen-bond acceptors (Lipinski definition) is 2. The Hall–Kier alpha value is -0.0800. The van der Waals surface area contributed by atoms with E-state index in [4.69, 9.17) is 10.2 Å². The summed E-state index contributed by atoms with van der Waals surface area (Å²) in [5.74, 6) is 0.534. The number of unbranched alkanes of at least 4 members (excludes halogenated alkanes) is 4. The molecule has 0 radical (unpaired) electrons. The first-order valence-electron chi connectivity index (χ1n) is 6.06. The average molecular weight is 202 g/mol. The van der Waals surface area contributed by atoms with Gasteiger partial charge < -0.3 is 10.2 Å². The Morgan fingerprint density at radius 3 is 1.86 bits per heavy atom. The molecular formula is C12H26O2. The summed E-state index contributed by atoms with van der Waals surface area (Å²) in [5, 5.41) is 17.6. The second-order valence-corrected chi connectivity index (χ2v) is 4.09. The van der Waals surface area contributed by atoms with Crippen LogP contribution in [0.5, 0.6) is 0 Å². The fourth-order valence-corrected chi connectivity index (χ4v) is 1.83. The van der Waals surface area contributed by atoms with Crippen LogP contribution in [0.1, 0.15) is 58.3 Å². The monoisotopic (exact) mass is 202 g/mol. The van der Waals surface area contributed by atoms with Gasteiger partial charge in [-0.05, 0) is 18.8 Å². The van der Waals surface area contributed by atoms with Gasteiger partial charge >= 0.3 is 0 Å². The highest BCUT2D eigenvalue weighted by molar-refractivity contribution is 4.59. The van der Waals surface area contributed by atoms with E-state index in [0.717, 1.165) is 12.8 Å². The molecule has 0 aliphatic carbocycles. The van der Waals surface area contributed by atoms with Gasteiger partial charge in [0.05, 0.1) is 0 Å². The smallest absolute Gasteiger partial charge is 0.0433 e. The average Bonchev–Trinajstić information content (AvgIpc) is 2.18. The van der Waals surface area contributed by atoms with Crippen LogP contribution in [0.15, 0.2) is 0 Å². The molecule has 2 nitrogen and oxygen atoms in total. The zero-order valence-electron chi connectivity index (χ0n) is 9.54. The van der Waals surface area contributed by atoms with E-state index < -0.39 is 0 Å². The molecule has 0 aliphatic rings. The van der Waals surface area contributed by atoms with Crippen LogP contribution in [-0.4, -0.2) is 23.4 Å². The van der Waals surface area contributed by atoms with Crippen molar-refractivity contribution < 1.29 is 10.2 Å². The Balaban J connectivity index is 3.30. The van der Waals surface area contributed by atoms with Crippen LogP contribution in [0.4, 0.5) is 0 Å². The van der Waals surface area contributed by atoms with Crippen LogP contribution in [-0.2, 0) is 0 Å². The Morgan fingerprint density at radius 2 is 1.36 bits per heavy atom. The molecule has 0 amide bonds. The zero-order valence-corrected chi connectivity index (χ0v) is 9.54. The van der Waals surface area contributed by atoms with Crippen molar-refractivity contribution in [3.63, 3.8) is 0 Å². The van der Waals surface area contributed by atoms with Gasteiger partial charge in [0, 0.05) is 13.2 Å². The Bertz CT molecular complexity index is 98.5. The van der Waals surface area contributed by atoms with Crippen LogP contribution in [0.2, 0.25) is 0 Å². The molecule has 0 aromatic heterocycles. The molecule has 14 heavy (non-hydrogen) atoms. The largest absolute Gasteiger partial charge is 0.396 e. The van der Waals surface area contributed by atoms with Crippen LogP contribution in [0.25, 0.3) is 0 Å². The first-order chi connectivity index (χ1) is 6.85. The van der Waals surface area contributed by atoms with Crippen molar-refractivity contribution in [2.45, 2.75) is 58.3 Å². The van der Waals surface area contributed by atoms with E-state index in [-0.39, 0.29) is 13.2 Å². The van der Waals surface area contributed by atoms with E-state index in [1.807, 2.05) is 0 Å². The first kappa shape index (κ1) is 13.9. The van der Waals surface area contributed by atoms with Crippen molar-refractivity contribution >= 4 is 0 Å². The van der Waals surface area contributed by atoms with Crippen LogP contribution in [0.3, 0.4) is 0 Å². The number of aliphatic hydroxyl groups excluding tert-OH is 2. The normalized spacial score (nSPS) is 11.1. The van der Waals surface area contributed by atoms with Crippen LogP contribution in [0, 0.1) is 5.92 Å². The van der Waals surface area contributed by atoms with Crippen molar-refractivity contribution in [2.24, 2.45) is 5.92 Å². The minimum absolute atomic E-state index is 0.264. The van der Waals surface area contributed by atoms with Crippen molar-refractivity contribution in [3.8, 4) is 0 Å². The molecule has 0 heterocycles. The first-order valence-corrected chi connectivity index (χ1v) is 6.06. The predicted molar refractivity (Wildman–Crippen MR) is 60.3 cm³/mol. The van der Waals surface area contributed by atoms with E-state index in [0.29, 0.717) is 5.92 Å².